The quantitative estimate of drug-likeness (QED) is 0.426. The van der Waals surface area contributed by atoms with Gasteiger partial charge in [-0.2, -0.15) is 4.98 Å². The molecule has 1 saturated carbocycles. The second-order valence-corrected chi connectivity index (χ2v) is 11.1. The van der Waals surface area contributed by atoms with Gasteiger partial charge in [-0.3, -0.25) is 4.98 Å². The number of rotatable bonds is 7. The van der Waals surface area contributed by atoms with Crippen molar-refractivity contribution in [1.29, 1.82) is 0 Å². The van der Waals surface area contributed by atoms with Gasteiger partial charge in [0.05, 0.1) is 36.0 Å². The zero-order valence-corrected chi connectivity index (χ0v) is 23.1. The van der Waals surface area contributed by atoms with Gasteiger partial charge in [-0.1, -0.05) is 18.0 Å². The lowest BCUT2D eigenvalue weighted by Gasteiger charge is -2.31. The standard InChI is InChI=1S/C28H37N7O2S/c1-34-10-9-24-19(18-34)3-8-26(31-24)30-20-4-6-22(7-5-20)37-28-23-15-21(33-38-2)17-29-25(23)16-27(32-28)35-11-13-36-14-12-35/h3,8,15-17,20,22,33H,4-7,9-14,18H2,1-2H3,(H,30,31). The SMILES string of the molecule is CSNc1cnc2cc(N3CCOCC3)nc(OC3CCC(Nc4ccc5c(n4)CCN(C)C5)CC3)c2c1. The van der Waals surface area contributed by atoms with Crippen molar-refractivity contribution < 1.29 is 9.47 Å². The van der Waals surface area contributed by atoms with Crippen molar-refractivity contribution in [1.82, 2.24) is 19.9 Å². The number of likely N-dealkylation sites (N-methyl/N-ethyl adjacent to an activating group) is 1. The van der Waals surface area contributed by atoms with Crippen molar-refractivity contribution in [2.24, 2.45) is 0 Å². The minimum absolute atomic E-state index is 0.132. The molecule has 0 radical (unpaired) electrons. The molecular weight excluding hydrogens is 498 g/mol. The molecule has 3 aromatic heterocycles. The van der Waals surface area contributed by atoms with Crippen LogP contribution in [-0.4, -0.2) is 78.1 Å². The minimum atomic E-state index is 0.132. The van der Waals surface area contributed by atoms with E-state index in [0.717, 1.165) is 86.5 Å². The summed E-state index contributed by atoms with van der Waals surface area (Å²) in [5.41, 5.74) is 4.45. The summed E-state index contributed by atoms with van der Waals surface area (Å²) in [6, 6.07) is 8.95. The van der Waals surface area contributed by atoms with Crippen LogP contribution in [0.15, 0.2) is 30.5 Å². The number of hydrogen-bond donors (Lipinski definition) is 2. The van der Waals surface area contributed by atoms with Crippen molar-refractivity contribution in [2.75, 3.05) is 61.1 Å². The van der Waals surface area contributed by atoms with Gasteiger partial charge in [0.2, 0.25) is 5.88 Å². The Kier molecular flexibility index (Phi) is 7.71. The molecular formula is C28H37N7O2S. The van der Waals surface area contributed by atoms with Crippen LogP contribution in [0.3, 0.4) is 0 Å². The van der Waals surface area contributed by atoms with E-state index in [-0.39, 0.29) is 6.10 Å². The van der Waals surface area contributed by atoms with E-state index in [0.29, 0.717) is 25.1 Å². The Morgan fingerprint density at radius 3 is 2.71 bits per heavy atom. The van der Waals surface area contributed by atoms with E-state index in [9.17, 15) is 0 Å². The Labute approximate surface area is 228 Å². The monoisotopic (exact) mass is 535 g/mol. The lowest BCUT2D eigenvalue weighted by atomic mass is 9.93. The predicted molar refractivity (Wildman–Crippen MR) is 154 cm³/mol. The zero-order valence-electron chi connectivity index (χ0n) is 22.3. The molecule has 0 atom stereocenters. The predicted octanol–water partition coefficient (Wildman–Crippen LogP) is 4.34. The summed E-state index contributed by atoms with van der Waals surface area (Å²) in [6.07, 6.45) is 9.09. The number of fused-ring (bicyclic) bond motifs is 2. The van der Waals surface area contributed by atoms with Gasteiger partial charge in [0.1, 0.15) is 17.7 Å². The van der Waals surface area contributed by atoms with Gasteiger partial charge in [-0.25, -0.2) is 4.98 Å². The van der Waals surface area contributed by atoms with Gasteiger partial charge < -0.3 is 29.3 Å². The number of hydrogen-bond acceptors (Lipinski definition) is 10. The summed E-state index contributed by atoms with van der Waals surface area (Å²) in [6.45, 7) is 5.15. The number of nitrogens with one attached hydrogen (secondary N) is 2. The molecule has 0 spiro atoms. The van der Waals surface area contributed by atoms with Crippen LogP contribution in [0.2, 0.25) is 0 Å². The second kappa shape index (κ2) is 11.5. The van der Waals surface area contributed by atoms with E-state index in [4.69, 9.17) is 24.4 Å². The molecule has 3 aliphatic rings. The van der Waals surface area contributed by atoms with Crippen LogP contribution in [0.4, 0.5) is 17.3 Å². The Hall–Kier alpha value is -2.82. The number of morpholine rings is 1. The molecule has 0 amide bonds. The summed E-state index contributed by atoms with van der Waals surface area (Å²) in [7, 11) is 2.17. The van der Waals surface area contributed by atoms with Crippen LogP contribution in [0.25, 0.3) is 10.9 Å². The fraction of sp³-hybridized carbons (Fsp3) is 0.536. The summed E-state index contributed by atoms with van der Waals surface area (Å²) in [5, 5.41) is 4.64. The van der Waals surface area contributed by atoms with Crippen LogP contribution in [-0.2, 0) is 17.7 Å². The van der Waals surface area contributed by atoms with Crippen molar-refractivity contribution in [3.63, 3.8) is 0 Å². The fourth-order valence-corrected chi connectivity index (χ4v) is 5.98. The first kappa shape index (κ1) is 25.5. The van der Waals surface area contributed by atoms with Crippen molar-refractivity contribution in [3.8, 4) is 5.88 Å². The van der Waals surface area contributed by atoms with Gasteiger partial charge in [-0.05, 0) is 50.4 Å². The highest BCUT2D eigenvalue weighted by molar-refractivity contribution is 7.99. The molecule has 0 bridgehead atoms. The Morgan fingerprint density at radius 1 is 1.05 bits per heavy atom. The number of nitrogens with zero attached hydrogens (tertiary/aromatic N) is 5. The molecule has 38 heavy (non-hydrogen) atoms. The number of pyridine rings is 3. The van der Waals surface area contributed by atoms with Gasteiger partial charge >= 0.3 is 0 Å². The summed E-state index contributed by atoms with van der Waals surface area (Å²) >= 11 is 1.55. The van der Waals surface area contributed by atoms with E-state index < -0.39 is 0 Å². The number of ether oxygens (including phenoxy) is 2. The Balaban J connectivity index is 1.14. The maximum absolute atomic E-state index is 6.62. The Bertz CT molecular complexity index is 1260. The van der Waals surface area contributed by atoms with Gasteiger partial charge in [0.25, 0.3) is 0 Å². The highest BCUT2D eigenvalue weighted by atomic mass is 32.2. The van der Waals surface area contributed by atoms with E-state index in [1.807, 2.05) is 12.5 Å². The molecule has 1 aliphatic carbocycles. The number of aromatic nitrogens is 3. The fourth-order valence-electron chi connectivity index (χ4n) is 5.63. The van der Waals surface area contributed by atoms with Crippen LogP contribution >= 0.6 is 11.9 Å². The summed E-state index contributed by atoms with van der Waals surface area (Å²) in [4.78, 5) is 19.3. The first-order chi connectivity index (χ1) is 18.6. The van der Waals surface area contributed by atoms with Crippen molar-refractivity contribution in [3.05, 3.63) is 41.7 Å². The highest BCUT2D eigenvalue weighted by Crippen LogP contribution is 2.33. The summed E-state index contributed by atoms with van der Waals surface area (Å²) < 4.78 is 15.5. The van der Waals surface area contributed by atoms with Crippen LogP contribution < -0.4 is 19.7 Å². The molecule has 2 N–H and O–H groups in total. The van der Waals surface area contributed by atoms with Gasteiger partial charge in [0.15, 0.2) is 0 Å². The van der Waals surface area contributed by atoms with Crippen LogP contribution in [0.5, 0.6) is 5.88 Å². The van der Waals surface area contributed by atoms with Gasteiger partial charge in [0, 0.05) is 56.7 Å². The molecule has 10 heteroatoms. The van der Waals surface area contributed by atoms with Crippen molar-refractivity contribution in [2.45, 2.75) is 50.8 Å². The topological polar surface area (TPSA) is 87.7 Å². The zero-order chi connectivity index (χ0) is 25.9. The normalized spacial score (nSPS) is 22.2. The third-order valence-electron chi connectivity index (χ3n) is 7.73. The lowest BCUT2D eigenvalue weighted by molar-refractivity contribution is 0.122. The van der Waals surface area contributed by atoms with Crippen LogP contribution in [0, 0.1) is 0 Å². The van der Waals surface area contributed by atoms with Crippen molar-refractivity contribution >= 4 is 40.2 Å². The molecule has 1 saturated heterocycles. The first-order valence-corrected chi connectivity index (χ1v) is 14.9. The van der Waals surface area contributed by atoms with E-state index in [1.165, 1.54) is 11.3 Å². The largest absolute Gasteiger partial charge is 0.474 e. The van der Waals surface area contributed by atoms with E-state index in [2.05, 4.69) is 51.2 Å². The molecule has 202 valence electrons. The third kappa shape index (κ3) is 5.77. The Morgan fingerprint density at radius 2 is 1.89 bits per heavy atom. The van der Waals surface area contributed by atoms with E-state index in [1.54, 1.807) is 11.9 Å². The van der Waals surface area contributed by atoms with Crippen LogP contribution in [0.1, 0.15) is 36.9 Å². The lowest BCUT2D eigenvalue weighted by Crippen LogP contribution is -2.37. The maximum Gasteiger partial charge on any atom is 0.225 e. The van der Waals surface area contributed by atoms with Gasteiger partial charge in [-0.15, -0.1) is 0 Å². The minimum Gasteiger partial charge on any atom is -0.474 e. The molecule has 3 aromatic rings. The molecule has 2 aliphatic heterocycles. The third-order valence-corrected chi connectivity index (χ3v) is 8.17. The molecule has 2 fully saturated rings. The molecule has 6 rings (SSSR count). The molecule has 5 heterocycles. The highest BCUT2D eigenvalue weighted by Gasteiger charge is 2.25. The second-order valence-electron chi connectivity index (χ2n) is 10.5. The summed E-state index contributed by atoms with van der Waals surface area (Å²) in [5.74, 6) is 2.59. The average molecular weight is 536 g/mol. The number of anilines is 3. The smallest absolute Gasteiger partial charge is 0.225 e. The van der Waals surface area contributed by atoms with E-state index >= 15 is 0 Å². The maximum atomic E-state index is 6.62. The molecule has 0 unspecified atom stereocenters. The molecule has 0 aromatic carbocycles. The first-order valence-electron chi connectivity index (χ1n) is 13.7. The molecule has 9 nitrogen and oxygen atoms in total. The average Bonchev–Trinajstić information content (AvgIpc) is 2.95.